The average Bonchev–Trinajstić information content (AvgIpc) is 3.00. The predicted molar refractivity (Wildman–Crippen MR) is 74.5 cm³/mol. The van der Waals surface area contributed by atoms with Gasteiger partial charge in [-0.1, -0.05) is 22.4 Å². The molecule has 3 heteroatoms. The number of fused-ring (bicyclic) bond motifs is 2. The molecule has 2 aliphatic carbocycles. The second-order valence-corrected chi connectivity index (χ2v) is 6.51. The van der Waals surface area contributed by atoms with Crippen molar-refractivity contribution >= 4 is 15.9 Å². The molecule has 2 fully saturated rings. The second kappa shape index (κ2) is 5.22. The molecule has 2 nitrogen and oxygen atoms in total. The zero-order valence-electron chi connectivity index (χ0n) is 10.4. The van der Waals surface area contributed by atoms with Gasteiger partial charge in [-0.05, 0) is 60.8 Å². The molecule has 3 unspecified atom stereocenters. The van der Waals surface area contributed by atoms with E-state index >= 15 is 0 Å². The molecule has 2 bridgehead atoms. The summed E-state index contributed by atoms with van der Waals surface area (Å²) in [4.78, 5) is 0. The van der Waals surface area contributed by atoms with E-state index in [1.165, 1.54) is 25.7 Å². The minimum absolute atomic E-state index is 0.0475. The number of aliphatic hydroxyl groups is 1. The van der Waals surface area contributed by atoms with Crippen molar-refractivity contribution < 1.29 is 9.84 Å². The summed E-state index contributed by atoms with van der Waals surface area (Å²) < 4.78 is 6.85. The zero-order valence-corrected chi connectivity index (χ0v) is 12.0. The van der Waals surface area contributed by atoms with E-state index in [-0.39, 0.29) is 6.61 Å². The highest BCUT2D eigenvalue weighted by atomic mass is 79.9. The van der Waals surface area contributed by atoms with Crippen molar-refractivity contribution in [2.45, 2.75) is 32.3 Å². The molecule has 0 aromatic heterocycles. The maximum Gasteiger partial charge on any atom is 0.119 e. The molecule has 2 saturated carbocycles. The summed E-state index contributed by atoms with van der Waals surface area (Å²) in [6, 6.07) is 5.84. The molecule has 1 aromatic carbocycles. The van der Waals surface area contributed by atoms with Crippen LogP contribution in [-0.4, -0.2) is 11.7 Å². The van der Waals surface area contributed by atoms with Crippen molar-refractivity contribution in [2.24, 2.45) is 17.8 Å². The van der Waals surface area contributed by atoms with E-state index in [1.807, 2.05) is 18.2 Å². The smallest absolute Gasteiger partial charge is 0.119 e. The standard InChI is InChI=1S/C15H19BrO2/c16-15-4-3-14(7-12(15)8-17)18-9-13-6-10-1-2-11(13)5-10/h3-4,7,10-11,13,17H,1-2,5-6,8-9H2. The zero-order chi connectivity index (χ0) is 12.5. The topological polar surface area (TPSA) is 29.5 Å². The van der Waals surface area contributed by atoms with Gasteiger partial charge in [-0.3, -0.25) is 0 Å². The van der Waals surface area contributed by atoms with Crippen molar-refractivity contribution in [3.05, 3.63) is 28.2 Å². The minimum atomic E-state index is 0.0475. The highest BCUT2D eigenvalue weighted by Crippen LogP contribution is 2.48. The Hall–Kier alpha value is -0.540. The number of ether oxygens (including phenoxy) is 1. The van der Waals surface area contributed by atoms with Gasteiger partial charge >= 0.3 is 0 Å². The Bertz CT molecular complexity index is 433. The largest absolute Gasteiger partial charge is 0.493 e. The molecule has 0 spiro atoms. The third-order valence-corrected chi connectivity index (χ3v) is 5.31. The molecule has 0 radical (unpaired) electrons. The van der Waals surface area contributed by atoms with Crippen LogP contribution in [-0.2, 0) is 6.61 Å². The number of hydrogen-bond acceptors (Lipinski definition) is 2. The lowest BCUT2D eigenvalue weighted by Crippen LogP contribution is -2.18. The van der Waals surface area contributed by atoms with Crippen LogP contribution < -0.4 is 4.74 Å². The lowest BCUT2D eigenvalue weighted by atomic mass is 9.89. The van der Waals surface area contributed by atoms with Gasteiger partial charge in [0.05, 0.1) is 13.2 Å². The van der Waals surface area contributed by atoms with Gasteiger partial charge in [0.1, 0.15) is 5.75 Å². The van der Waals surface area contributed by atoms with Crippen LogP contribution in [0.15, 0.2) is 22.7 Å². The summed E-state index contributed by atoms with van der Waals surface area (Å²) >= 11 is 3.42. The van der Waals surface area contributed by atoms with Gasteiger partial charge in [-0.15, -0.1) is 0 Å². The summed E-state index contributed by atoms with van der Waals surface area (Å²) in [5, 5.41) is 9.22. The van der Waals surface area contributed by atoms with Crippen LogP contribution in [0.4, 0.5) is 0 Å². The molecule has 0 aliphatic heterocycles. The van der Waals surface area contributed by atoms with Gasteiger partial charge in [0.25, 0.3) is 0 Å². The van der Waals surface area contributed by atoms with Gasteiger partial charge in [0.2, 0.25) is 0 Å². The van der Waals surface area contributed by atoms with Gasteiger partial charge in [-0.2, -0.15) is 0 Å². The normalized spacial score (nSPS) is 29.8. The first kappa shape index (κ1) is 12.5. The molecule has 3 atom stereocenters. The fourth-order valence-electron chi connectivity index (χ4n) is 3.55. The number of benzene rings is 1. The molecule has 0 amide bonds. The first-order chi connectivity index (χ1) is 8.76. The van der Waals surface area contributed by atoms with Gasteiger partial charge in [0.15, 0.2) is 0 Å². The molecule has 18 heavy (non-hydrogen) atoms. The Kier molecular flexibility index (Phi) is 3.62. The molecule has 0 heterocycles. The molecule has 2 aliphatic rings. The van der Waals surface area contributed by atoms with Crippen molar-refractivity contribution in [1.82, 2.24) is 0 Å². The van der Waals surface area contributed by atoms with E-state index in [1.54, 1.807) is 0 Å². The molecular formula is C15H19BrO2. The third kappa shape index (κ3) is 2.43. The first-order valence-electron chi connectivity index (χ1n) is 6.78. The van der Waals surface area contributed by atoms with Crippen LogP contribution >= 0.6 is 15.9 Å². The maximum atomic E-state index is 9.22. The SMILES string of the molecule is OCc1cc(OCC2CC3CCC2C3)ccc1Br. The monoisotopic (exact) mass is 310 g/mol. The predicted octanol–water partition coefficient (Wildman–Crippen LogP) is 3.76. The van der Waals surface area contributed by atoms with Gasteiger partial charge in [-0.25, -0.2) is 0 Å². The molecule has 3 rings (SSSR count). The molecule has 1 aromatic rings. The van der Waals surface area contributed by atoms with Crippen LogP contribution in [0.25, 0.3) is 0 Å². The average molecular weight is 311 g/mol. The quantitative estimate of drug-likeness (QED) is 0.917. The maximum absolute atomic E-state index is 9.22. The van der Waals surface area contributed by atoms with Crippen LogP contribution in [0.3, 0.4) is 0 Å². The number of rotatable bonds is 4. The van der Waals surface area contributed by atoms with E-state index in [0.29, 0.717) is 0 Å². The fraction of sp³-hybridized carbons (Fsp3) is 0.600. The van der Waals surface area contributed by atoms with Gasteiger partial charge < -0.3 is 9.84 Å². The lowest BCUT2D eigenvalue weighted by Gasteiger charge is -2.21. The van der Waals surface area contributed by atoms with Gasteiger partial charge in [0, 0.05) is 4.47 Å². The van der Waals surface area contributed by atoms with E-state index < -0.39 is 0 Å². The first-order valence-corrected chi connectivity index (χ1v) is 7.57. The van der Waals surface area contributed by atoms with Crippen molar-refractivity contribution in [1.29, 1.82) is 0 Å². The summed E-state index contributed by atoms with van der Waals surface area (Å²) in [6.45, 7) is 0.888. The van der Waals surface area contributed by atoms with Crippen molar-refractivity contribution in [3.63, 3.8) is 0 Å². The van der Waals surface area contributed by atoms with E-state index in [9.17, 15) is 5.11 Å². The molecule has 98 valence electrons. The highest BCUT2D eigenvalue weighted by molar-refractivity contribution is 9.10. The van der Waals surface area contributed by atoms with Crippen molar-refractivity contribution in [2.75, 3.05) is 6.61 Å². The Balaban J connectivity index is 1.60. The van der Waals surface area contributed by atoms with E-state index in [0.717, 1.165) is 40.1 Å². The fourth-order valence-corrected chi connectivity index (χ4v) is 3.92. The summed E-state index contributed by atoms with van der Waals surface area (Å²) in [5.41, 5.74) is 0.889. The van der Waals surface area contributed by atoms with Crippen molar-refractivity contribution in [3.8, 4) is 5.75 Å². The Morgan fingerprint density at radius 1 is 1.28 bits per heavy atom. The molecular weight excluding hydrogens is 292 g/mol. The van der Waals surface area contributed by atoms with E-state index in [2.05, 4.69) is 15.9 Å². The van der Waals surface area contributed by atoms with Crippen LogP contribution in [0, 0.1) is 17.8 Å². The summed E-state index contributed by atoms with van der Waals surface area (Å²) in [5.74, 6) is 3.51. The Labute approximate surface area is 116 Å². The lowest BCUT2D eigenvalue weighted by molar-refractivity contribution is 0.194. The number of halogens is 1. The van der Waals surface area contributed by atoms with Crippen LogP contribution in [0.2, 0.25) is 0 Å². The Morgan fingerprint density at radius 3 is 2.83 bits per heavy atom. The van der Waals surface area contributed by atoms with Crippen LogP contribution in [0.5, 0.6) is 5.75 Å². The molecule has 0 saturated heterocycles. The minimum Gasteiger partial charge on any atom is -0.493 e. The molecule has 1 N–H and O–H groups in total. The third-order valence-electron chi connectivity index (χ3n) is 4.54. The number of hydrogen-bond donors (Lipinski definition) is 1. The number of aliphatic hydroxyl groups excluding tert-OH is 1. The Morgan fingerprint density at radius 2 is 2.17 bits per heavy atom. The van der Waals surface area contributed by atoms with Crippen LogP contribution in [0.1, 0.15) is 31.2 Å². The van der Waals surface area contributed by atoms with E-state index in [4.69, 9.17) is 4.74 Å². The second-order valence-electron chi connectivity index (χ2n) is 5.66. The highest BCUT2D eigenvalue weighted by Gasteiger charge is 2.39. The summed E-state index contributed by atoms with van der Waals surface area (Å²) in [6.07, 6.45) is 5.62. The summed E-state index contributed by atoms with van der Waals surface area (Å²) in [7, 11) is 0.